The first-order chi connectivity index (χ1) is 12.3. The van der Waals surface area contributed by atoms with Crippen molar-refractivity contribution < 1.29 is 0 Å². The molecule has 0 spiro atoms. The summed E-state index contributed by atoms with van der Waals surface area (Å²) in [5.74, 6) is 0.796. The van der Waals surface area contributed by atoms with E-state index in [9.17, 15) is 0 Å². The standard InChI is InChI=1S/C23H21NS/c1-24-22-13-12-19(15-23(22)25-24)21-9-4-2-3-8-20(21)18-7-5-6-17(14-18)16-10-11-16/h2-7,9,12-16H,8,10-11H2,1H3. The molecule has 1 aromatic heterocycles. The molecule has 0 unspecified atom stereocenters. The summed E-state index contributed by atoms with van der Waals surface area (Å²) in [4.78, 5) is 0. The number of benzene rings is 2. The van der Waals surface area contributed by atoms with Gasteiger partial charge >= 0.3 is 0 Å². The maximum atomic E-state index is 2.42. The van der Waals surface area contributed by atoms with Crippen molar-refractivity contribution in [2.75, 3.05) is 0 Å². The third kappa shape index (κ3) is 2.71. The highest BCUT2D eigenvalue weighted by Gasteiger charge is 2.24. The van der Waals surface area contributed by atoms with Gasteiger partial charge in [-0.05, 0) is 65.1 Å². The topological polar surface area (TPSA) is 4.93 Å². The van der Waals surface area contributed by atoms with Crippen molar-refractivity contribution in [1.29, 1.82) is 0 Å². The predicted octanol–water partition coefficient (Wildman–Crippen LogP) is 6.54. The van der Waals surface area contributed by atoms with E-state index in [1.165, 1.54) is 50.9 Å². The Morgan fingerprint density at radius 1 is 1.00 bits per heavy atom. The van der Waals surface area contributed by atoms with Crippen LogP contribution in [-0.2, 0) is 7.05 Å². The van der Waals surface area contributed by atoms with Gasteiger partial charge in [-0.25, -0.2) is 0 Å². The fourth-order valence-corrected chi connectivity index (χ4v) is 4.64. The maximum Gasteiger partial charge on any atom is 0.0694 e. The second-order valence-corrected chi connectivity index (χ2v) is 8.22. The second kappa shape index (κ2) is 5.89. The Morgan fingerprint density at radius 2 is 1.92 bits per heavy atom. The van der Waals surface area contributed by atoms with Gasteiger partial charge in [0.25, 0.3) is 0 Å². The Hall–Kier alpha value is -2.32. The van der Waals surface area contributed by atoms with Gasteiger partial charge in [-0.1, -0.05) is 66.2 Å². The van der Waals surface area contributed by atoms with Crippen molar-refractivity contribution in [3.63, 3.8) is 0 Å². The molecule has 3 aromatic rings. The van der Waals surface area contributed by atoms with Crippen LogP contribution in [0.25, 0.3) is 21.4 Å². The van der Waals surface area contributed by atoms with Crippen LogP contribution in [0, 0.1) is 0 Å². The molecule has 2 aromatic carbocycles. The quantitative estimate of drug-likeness (QED) is 0.508. The Morgan fingerprint density at radius 3 is 2.72 bits per heavy atom. The van der Waals surface area contributed by atoms with Gasteiger partial charge in [0.05, 0.1) is 10.2 Å². The molecule has 2 heteroatoms. The van der Waals surface area contributed by atoms with Crippen LogP contribution in [0.4, 0.5) is 0 Å². The van der Waals surface area contributed by atoms with Crippen molar-refractivity contribution in [3.8, 4) is 0 Å². The van der Waals surface area contributed by atoms with Crippen LogP contribution in [-0.4, -0.2) is 3.96 Å². The van der Waals surface area contributed by atoms with Gasteiger partial charge < -0.3 is 0 Å². The van der Waals surface area contributed by atoms with Crippen LogP contribution in [0.2, 0.25) is 0 Å². The zero-order valence-corrected chi connectivity index (χ0v) is 15.2. The Balaban J connectivity index is 1.65. The summed E-state index contributed by atoms with van der Waals surface area (Å²) in [5, 5.41) is 0. The molecule has 0 aliphatic heterocycles. The fraction of sp³-hybridized carbons (Fsp3) is 0.217. The molecular formula is C23H21NS. The molecule has 1 nitrogen and oxygen atoms in total. The highest BCUT2D eigenvalue weighted by atomic mass is 32.1. The van der Waals surface area contributed by atoms with E-state index in [0.29, 0.717) is 0 Å². The SMILES string of the molecule is Cn1sc2cc(C3=C(c4cccc(C5CC5)c4)CC=CC=C3)ccc21. The van der Waals surface area contributed by atoms with Crippen molar-refractivity contribution in [2.24, 2.45) is 7.05 Å². The smallest absolute Gasteiger partial charge is 0.0694 e. The lowest BCUT2D eigenvalue weighted by atomic mass is 9.91. The summed E-state index contributed by atoms with van der Waals surface area (Å²) >= 11 is 1.82. The molecule has 2 aliphatic rings. The molecular weight excluding hydrogens is 322 g/mol. The molecule has 124 valence electrons. The summed E-state index contributed by atoms with van der Waals surface area (Å²) in [7, 11) is 2.12. The molecule has 2 aliphatic carbocycles. The monoisotopic (exact) mass is 343 g/mol. The average molecular weight is 343 g/mol. The van der Waals surface area contributed by atoms with Crippen LogP contribution in [0.3, 0.4) is 0 Å². The van der Waals surface area contributed by atoms with Gasteiger partial charge in [0.1, 0.15) is 0 Å². The largest absolute Gasteiger partial charge is 0.299 e. The predicted molar refractivity (Wildman–Crippen MR) is 109 cm³/mol. The van der Waals surface area contributed by atoms with Gasteiger partial charge in [0, 0.05) is 7.05 Å². The number of fused-ring (bicyclic) bond motifs is 1. The van der Waals surface area contributed by atoms with Crippen LogP contribution < -0.4 is 0 Å². The number of hydrogen-bond donors (Lipinski definition) is 0. The number of hydrogen-bond acceptors (Lipinski definition) is 1. The second-order valence-electron chi connectivity index (χ2n) is 7.05. The number of nitrogens with zero attached hydrogens (tertiary/aromatic N) is 1. The molecule has 0 saturated heterocycles. The van der Waals surface area contributed by atoms with Crippen LogP contribution in [0.15, 0.2) is 66.8 Å². The molecule has 0 amide bonds. The lowest BCUT2D eigenvalue weighted by Gasteiger charge is -2.15. The van der Waals surface area contributed by atoms with Crippen molar-refractivity contribution >= 4 is 32.9 Å². The van der Waals surface area contributed by atoms with E-state index >= 15 is 0 Å². The van der Waals surface area contributed by atoms with E-state index in [-0.39, 0.29) is 0 Å². The van der Waals surface area contributed by atoms with Crippen LogP contribution in [0.5, 0.6) is 0 Å². The van der Waals surface area contributed by atoms with Crippen molar-refractivity contribution in [2.45, 2.75) is 25.2 Å². The van der Waals surface area contributed by atoms with E-state index in [1.807, 2.05) is 11.5 Å². The molecule has 0 N–H and O–H groups in total. The van der Waals surface area contributed by atoms with E-state index in [0.717, 1.165) is 12.3 Å². The molecule has 0 radical (unpaired) electrons. The molecule has 5 rings (SSSR count). The number of allylic oxidation sites excluding steroid dienone is 6. The van der Waals surface area contributed by atoms with Crippen molar-refractivity contribution in [1.82, 2.24) is 3.96 Å². The highest BCUT2D eigenvalue weighted by Crippen LogP contribution is 2.42. The normalized spacial score (nSPS) is 17.5. The summed E-state index contributed by atoms with van der Waals surface area (Å²) in [6, 6.07) is 16.1. The summed E-state index contributed by atoms with van der Waals surface area (Å²) < 4.78 is 3.60. The summed E-state index contributed by atoms with van der Waals surface area (Å²) in [5.41, 5.74) is 8.34. The zero-order valence-electron chi connectivity index (χ0n) is 14.4. The molecule has 1 saturated carbocycles. The minimum Gasteiger partial charge on any atom is -0.299 e. The molecule has 0 bridgehead atoms. The van der Waals surface area contributed by atoms with Gasteiger partial charge in [0.2, 0.25) is 0 Å². The molecule has 1 fully saturated rings. The fourth-order valence-electron chi connectivity index (χ4n) is 3.74. The van der Waals surface area contributed by atoms with Crippen LogP contribution in [0.1, 0.15) is 41.9 Å². The number of aromatic nitrogens is 1. The third-order valence-electron chi connectivity index (χ3n) is 5.29. The Bertz CT molecular complexity index is 1040. The number of aryl methyl sites for hydroxylation is 1. The minimum atomic E-state index is 0.796. The van der Waals surface area contributed by atoms with Gasteiger partial charge in [-0.2, -0.15) is 0 Å². The minimum absolute atomic E-state index is 0.796. The van der Waals surface area contributed by atoms with Gasteiger partial charge in [-0.15, -0.1) is 0 Å². The van der Waals surface area contributed by atoms with Gasteiger partial charge in [0.15, 0.2) is 0 Å². The number of rotatable bonds is 3. The zero-order chi connectivity index (χ0) is 16.8. The average Bonchev–Trinajstić information content (AvgIpc) is 3.47. The molecule has 1 heterocycles. The summed E-state index contributed by atoms with van der Waals surface area (Å²) in [6.45, 7) is 0. The molecule has 0 atom stereocenters. The van der Waals surface area contributed by atoms with E-state index in [2.05, 4.69) is 77.8 Å². The molecule has 25 heavy (non-hydrogen) atoms. The van der Waals surface area contributed by atoms with Crippen molar-refractivity contribution in [3.05, 3.63) is 83.5 Å². The summed E-state index contributed by atoms with van der Waals surface area (Å²) in [6.07, 6.45) is 12.6. The first kappa shape index (κ1) is 15.0. The van der Waals surface area contributed by atoms with E-state index in [1.54, 1.807) is 0 Å². The Kier molecular flexibility index (Phi) is 3.53. The first-order valence-corrected chi connectivity index (χ1v) is 9.80. The van der Waals surface area contributed by atoms with E-state index in [4.69, 9.17) is 0 Å². The van der Waals surface area contributed by atoms with Gasteiger partial charge in [-0.3, -0.25) is 3.96 Å². The first-order valence-electron chi connectivity index (χ1n) is 9.02. The van der Waals surface area contributed by atoms with Crippen LogP contribution >= 0.6 is 11.5 Å². The lowest BCUT2D eigenvalue weighted by Crippen LogP contribution is -1.95. The maximum absolute atomic E-state index is 2.42. The lowest BCUT2D eigenvalue weighted by molar-refractivity contribution is 1.07. The Labute approximate surface area is 152 Å². The highest BCUT2D eigenvalue weighted by molar-refractivity contribution is 7.16. The third-order valence-corrected chi connectivity index (χ3v) is 6.28. The van der Waals surface area contributed by atoms with E-state index < -0.39 is 0 Å².